The van der Waals surface area contributed by atoms with Crippen molar-refractivity contribution < 1.29 is 0 Å². The molecule has 2 nitrogen and oxygen atoms in total. The van der Waals surface area contributed by atoms with Gasteiger partial charge in [-0.15, -0.1) is 0 Å². The largest absolute Gasteiger partial charge is 0.350 e. The van der Waals surface area contributed by atoms with Gasteiger partial charge in [0.1, 0.15) is 0 Å². The summed E-state index contributed by atoms with van der Waals surface area (Å²) >= 11 is 0. The number of aryl methyl sites for hydroxylation is 3. The van der Waals surface area contributed by atoms with Crippen LogP contribution in [0, 0.1) is 13.8 Å². The van der Waals surface area contributed by atoms with Crippen molar-refractivity contribution in [1.29, 1.82) is 0 Å². The summed E-state index contributed by atoms with van der Waals surface area (Å²) in [5.74, 6) is 0. The van der Waals surface area contributed by atoms with Crippen LogP contribution < -0.4 is 5.32 Å². The lowest BCUT2D eigenvalue weighted by atomic mass is 9.98. The molecule has 2 heterocycles. The third-order valence-electron chi connectivity index (χ3n) is 3.82. The topological polar surface area (TPSA) is 17.0 Å². The molecule has 18 heavy (non-hydrogen) atoms. The Kier molecular flexibility index (Phi) is 2.75. The van der Waals surface area contributed by atoms with E-state index in [-0.39, 0.29) is 0 Å². The Morgan fingerprint density at radius 3 is 2.78 bits per heavy atom. The molecule has 0 aliphatic carbocycles. The van der Waals surface area contributed by atoms with E-state index in [2.05, 4.69) is 55.2 Å². The van der Waals surface area contributed by atoms with Gasteiger partial charge in [0, 0.05) is 30.7 Å². The van der Waals surface area contributed by atoms with Gasteiger partial charge in [-0.25, -0.2) is 0 Å². The monoisotopic (exact) mass is 240 g/mol. The van der Waals surface area contributed by atoms with Crippen molar-refractivity contribution in [1.82, 2.24) is 9.88 Å². The highest BCUT2D eigenvalue weighted by atomic mass is 14.9. The van der Waals surface area contributed by atoms with Crippen LogP contribution in [0.4, 0.5) is 0 Å². The second-order valence-corrected chi connectivity index (χ2v) is 5.32. The molecular weight excluding hydrogens is 220 g/mol. The van der Waals surface area contributed by atoms with Crippen LogP contribution in [0.15, 0.2) is 24.4 Å². The number of fused-ring (bicyclic) bond motifs is 1. The van der Waals surface area contributed by atoms with Crippen LogP contribution in [-0.4, -0.2) is 17.7 Å². The maximum absolute atomic E-state index is 3.38. The van der Waals surface area contributed by atoms with E-state index in [4.69, 9.17) is 0 Å². The van der Waals surface area contributed by atoms with Crippen molar-refractivity contribution in [2.24, 2.45) is 7.05 Å². The van der Waals surface area contributed by atoms with Gasteiger partial charge in [0.05, 0.1) is 5.52 Å². The maximum Gasteiger partial charge on any atom is 0.0513 e. The summed E-state index contributed by atoms with van der Waals surface area (Å²) < 4.78 is 2.27. The first-order chi connectivity index (χ1) is 8.66. The van der Waals surface area contributed by atoms with E-state index in [1.165, 1.54) is 33.2 Å². The van der Waals surface area contributed by atoms with Crippen LogP contribution in [-0.2, 0) is 7.05 Å². The highest BCUT2D eigenvalue weighted by Gasteiger charge is 2.14. The fraction of sp³-hybridized carbons (Fsp3) is 0.375. The van der Waals surface area contributed by atoms with E-state index in [1.54, 1.807) is 0 Å². The predicted molar refractivity (Wildman–Crippen MR) is 77.9 cm³/mol. The lowest BCUT2D eigenvalue weighted by Crippen LogP contribution is -2.19. The molecule has 3 rings (SSSR count). The van der Waals surface area contributed by atoms with Gasteiger partial charge in [-0.1, -0.05) is 17.7 Å². The summed E-state index contributed by atoms with van der Waals surface area (Å²) in [6.07, 6.45) is 5.75. The molecule has 1 aliphatic rings. The Morgan fingerprint density at radius 2 is 2.06 bits per heavy atom. The molecule has 94 valence electrons. The van der Waals surface area contributed by atoms with Crippen LogP contribution in [0.5, 0.6) is 0 Å². The summed E-state index contributed by atoms with van der Waals surface area (Å²) in [4.78, 5) is 0. The predicted octanol–water partition coefficient (Wildman–Crippen LogP) is 3.17. The summed E-state index contributed by atoms with van der Waals surface area (Å²) in [6.45, 7) is 6.47. The van der Waals surface area contributed by atoms with E-state index >= 15 is 0 Å². The van der Waals surface area contributed by atoms with Crippen LogP contribution >= 0.6 is 0 Å². The van der Waals surface area contributed by atoms with Crippen molar-refractivity contribution in [3.05, 3.63) is 41.1 Å². The molecule has 0 bridgehead atoms. The Morgan fingerprint density at radius 1 is 1.22 bits per heavy atom. The van der Waals surface area contributed by atoms with Crippen molar-refractivity contribution >= 4 is 16.5 Å². The lowest BCUT2D eigenvalue weighted by Gasteiger charge is -2.13. The molecule has 0 fully saturated rings. The summed E-state index contributed by atoms with van der Waals surface area (Å²) in [6, 6.07) is 4.59. The van der Waals surface area contributed by atoms with Gasteiger partial charge in [0.15, 0.2) is 0 Å². The van der Waals surface area contributed by atoms with Gasteiger partial charge in [0.25, 0.3) is 0 Å². The minimum Gasteiger partial charge on any atom is -0.350 e. The summed E-state index contributed by atoms with van der Waals surface area (Å²) in [7, 11) is 2.15. The molecule has 1 aliphatic heterocycles. The third-order valence-corrected chi connectivity index (χ3v) is 3.82. The standard InChI is InChI=1S/C16H20N2/c1-11-8-12(2)16-14(9-11)15(10-18(16)3)13-4-6-17-7-5-13/h4,8-10,17H,5-7H2,1-3H3. The van der Waals surface area contributed by atoms with Gasteiger partial charge in [-0.3, -0.25) is 0 Å². The van der Waals surface area contributed by atoms with Gasteiger partial charge in [-0.2, -0.15) is 0 Å². The molecule has 2 aromatic rings. The molecule has 0 spiro atoms. The van der Waals surface area contributed by atoms with E-state index < -0.39 is 0 Å². The quantitative estimate of drug-likeness (QED) is 0.810. The number of nitrogens with zero attached hydrogens (tertiary/aromatic N) is 1. The number of benzene rings is 1. The fourth-order valence-electron chi connectivity index (χ4n) is 3.08. The van der Waals surface area contributed by atoms with Gasteiger partial charge >= 0.3 is 0 Å². The van der Waals surface area contributed by atoms with Crippen LogP contribution in [0.2, 0.25) is 0 Å². The Bertz CT molecular complexity index is 632. The minimum atomic E-state index is 0.997. The van der Waals surface area contributed by atoms with Gasteiger partial charge in [0.2, 0.25) is 0 Å². The molecule has 1 aromatic heterocycles. The average molecular weight is 240 g/mol. The smallest absolute Gasteiger partial charge is 0.0513 e. The molecule has 1 N–H and O–H groups in total. The zero-order valence-electron chi connectivity index (χ0n) is 11.4. The number of hydrogen-bond acceptors (Lipinski definition) is 1. The summed E-state index contributed by atoms with van der Waals surface area (Å²) in [5, 5.41) is 4.78. The van der Waals surface area contributed by atoms with Crippen LogP contribution in [0.3, 0.4) is 0 Å². The zero-order chi connectivity index (χ0) is 12.7. The molecule has 0 saturated carbocycles. The molecule has 0 unspecified atom stereocenters. The Labute approximate surface area is 108 Å². The van der Waals surface area contributed by atoms with Crippen LogP contribution in [0.25, 0.3) is 16.5 Å². The molecule has 0 amide bonds. The number of nitrogens with one attached hydrogen (secondary N) is 1. The molecular formula is C16H20N2. The Hall–Kier alpha value is -1.54. The SMILES string of the molecule is Cc1cc(C)c2c(c1)c(C1=CCNCC1)cn2C. The molecule has 1 aromatic carbocycles. The lowest BCUT2D eigenvalue weighted by molar-refractivity contribution is 0.738. The second kappa shape index (κ2) is 4.29. The van der Waals surface area contributed by atoms with E-state index in [9.17, 15) is 0 Å². The number of rotatable bonds is 1. The van der Waals surface area contributed by atoms with Gasteiger partial charge < -0.3 is 9.88 Å². The van der Waals surface area contributed by atoms with E-state index in [0.29, 0.717) is 0 Å². The average Bonchev–Trinajstić information content (AvgIpc) is 2.67. The van der Waals surface area contributed by atoms with Crippen LogP contribution in [0.1, 0.15) is 23.1 Å². The second-order valence-electron chi connectivity index (χ2n) is 5.32. The maximum atomic E-state index is 3.38. The molecule has 0 saturated heterocycles. The zero-order valence-corrected chi connectivity index (χ0v) is 11.4. The third kappa shape index (κ3) is 1.77. The first-order valence-electron chi connectivity index (χ1n) is 6.63. The van der Waals surface area contributed by atoms with E-state index in [1.807, 2.05) is 0 Å². The summed E-state index contributed by atoms with van der Waals surface area (Å²) in [5.41, 5.74) is 7.00. The first-order valence-corrected chi connectivity index (χ1v) is 6.63. The minimum absolute atomic E-state index is 0.997. The van der Waals surface area contributed by atoms with Crippen molar-refractivity contribution in [2.45, 2.75) is 20.3 Å². The van der Waals surface area contributed by atoms with Gasteiger partial charge in [-0.05, 0) is 44.0 Å². The molecule has 2 heteroatoms. The highest BCUT2D eigenvalue weighted by Crippen LogP contribution is 2.31. The molecule has 0 radical (unpaired) electrons. The van der Waals surface area contributed by atoms with Crippen molar-refractivity contribution in [3.8, 4) is 0 Å². The highest BCUT2D eigenvalue weighted by molar-refractivity contribution is 5.95. The molecule has 0 atom stereocenters. The van der Waals surface area contributed by atoms with Crippen molar-refractivity contribution in [3.63, 3.8) is 0 Å². The van der Waals surface area contributed by atoms with Crippen molar-refractivity contribution in [2.75, 3.05) is 13.1 Å². The first kappa shape index (κ1) is 11.5. The number of hydrogen-bond donors (Lipinski definition) is 1. The Balaban J connectivity index is 2.27. The van der Waals surface area contributed by atoms with E-state index in [0.717, 1.165) is 19.5 Å². The normalized spacial score (nSPS) is 16.1. The fourth-order valence-corrected chi connectivity index (χ4v) is 3.08. The number of aromatic nitrogens is 1.